The summed E-state index contributed by atoms with van der Waals surface area (Å²) < 4.78 is 0. The molecule has 0 saturated heterocycles. The molecule has 1 aromatic carbocycles. The van der Waals surface area contributed by atoms with E-state index in [2.05, 4.69) is 0 Å². The van der Waals surface area contributed by atoms with Crippen molar-refractivity contribution in [3.05, 3.63) is 46.2 Å². The third-order valence-electron chi connectivity index (χ3n) is 6.57. The van der Waals surface area contributed by atoms with Crippen LogP contribution in [0.4, 0.5) is 0 Å². The smallest absolute Gasteiger partial charge is 0.255 e. The van der Waals surface area contributed by atoms with Gasteiger partial charge < -0.3 is 31.3 Å². The number of phenols is 1. The summed E-state index contributed by atoms with van der Waals surface area (Å²) in [5.41, 5.74) is 1.26. The van der Waals surface area contributed by atoms with Crippen LogP contribution in [0.15, 0.2) is 35.1 Å². The van der Waals surface area contributed by atoms with Gasteiger partial charge in [0.1, 0.15) is 22.8 Å². The van der Waals surface area contributed by atoms with E-state index in [9.17, 15) is 39.9 Å². The van der Waals surface area contributed by atoms with Crippen LogP contribution in [0.5, 0.6) is 5.75 Å². The van der Waals surface area contributed by atoms with Gasteiger partial charge in [0.2, 0.25) is 5.78 Å². The number of benzene rings is 1. The second-order valence-electron chi connectivity index (χ2n) is 8.35. The van der Waals surface area contributed by atoms with Gasteiger partial charge in [0.15, 0.2) is 11.4 Å². The number of phenolic OH excluding ortho intramolecular Hbond substituents is 1. The van der Waals surface area contributed by atoms with Crippen LogP contribution in [0.2, 0.25) is 0 Å². The SMILES string of the molecule is CN(C)C1C(=O)C(C(N)=O)=C(O)[C@@]2(O)C(=O)C3=C(O)c4c(O)cccc4C(O)C3CC12. The number of aliphatic hydroxyl groups excluding tert-OH is 3. The Morgan fingerprint density at radius 2 is 1.84 bits per heavy atom. The largest absolute Gasteiger partial charge is 0.508 e. The number of amides is 1. The first-order valence-electron chi connectivity index (χ1n) is 9.59. The van der Waals surface area contributed by atoms with Crippen molar-refractivity contribution in [1.29, 1.82) is 0 Å². The average Bonchev–Trinajstić information content (AvgIpc) is 2.68. The van der Waals surface area contributed by atoms with E-state index < -0.39 is 69.7 Å². The molecular weight excluding hydrogens is 408 g/mol. The molecule has 1 amide bonds. The first-order valence-corrected chi connectivity index (χ1v) is 9.59. The fraction of sp³-hybridized carbons (Fsp3) is 0.381. The summed E-state index contributed by atoms with van der Waals surface area (Å²) in [4.78, 5) is 39.7. The number of primary amides is 1. The van der Waals surface area contributed by atoms with E-state index in [1.807, 2.05) is 0 Å². The van der Waals surface area contributed by atoms with Gasteiger partial charge in [-0.1, -0.05) is 12.1 Å². The topological polar surface area (TPSA) is 182 Å². The molecule has 5 atom stereocenters. The molecule has 1 fully saturated rings. The third-order valence-corrected chi connectivity index (χ3v) is 6.57. The first-order chi connectivity index (χ1) is 14.4. The summed E-state index contributed by atoms with van der Waals surface area (Å²) in [7, 11) is 3.00. The molecule has 7 N–H and O–H groups in total. The van der Waals surface area contributed by atoms with Gasteiger partial charge in [0.25, 0.3) is 5.91 Å². The summed E-state index contributed by atoms with van der Waals surface area (Å²) in [6.07, 6.45) is -1.51. The Bertz CT molecular complexity index is 1100. The first kappa shape index (κ1) is 21.0. The number of likely N-dealkylation sites (N-methyl/N-ethyl adjacent to an activating group) is 1. The van der Waals surface area contributed by atoms with Gasteiger partial charge in [-0.25, -0.2) is 0 Å². The molecule has 164 valence electrons. The van der Waals surface area contributed by atoms with Gasteiger partial charge >= 0.3 is 0 Å². The molecule has 3 aliphatic carbocycles. The highest BCUT2D eigenvalue weighted by molar-refractivity contribution is 6.24. The van der Waals surface area contributed by atoms with Crippen molar-refractivity contribution < 1.29 is 39.9 Å². The predicted octanol–water partition coefficient (Wildman–Crippen LogP) is -0.545. The number of carbonyl (C=O) groups is 3. The number of nitrogens with two attached hydrogens (primary N) is 1. The summed E-state index contributed by atoms with van der Waals surface area (Å²) in [6, 6.07) is 3.01. The zero-order valence-corrected chi connectivity index (χ0v) is 16.7. The van der Waals surface area contributed by atoms with Crippen LogP contribution in [0.25, 0.3) is 5.76 Å². The normalized spacial score (nSPS) is 32.7. The fourth-order valence-electron chi connectivity index (χ4n) is 5.20. The molecule has 0 bridgehead atoms. The van der Waals surface area contributed by atoms with E-state index in [0.717, 1.165) is 0 Å². The molecule has 4 rings (SSSR count). The minimum absolute atomic E-state index is 0.161. The molecule has 10 heteroatoms. The van der Waals surface area contributed by atoms with E-state index in [1.54, 1.807) is 0 Å². The molecule has 4 unspecified atom stereocenters. The highest BCUT2D eigenvalue weighted by Crippen LogP contribution is 2.55. The highest BCUT2D eigenvalue weighted by Gasteiger charge is 2.65. The van der Waals surface area contributed by atoms with Crippen LogP contribution < -0.4 is 5.73 Å². The number of Topliss-reactive ketones (excluding diaryl/α,β-unsaturated/α-hetero) is 2. The maximum absolute atomic E-state index is 13.5. The Morgan fingerprint density at radius 1 is 1.19 bits per heavy atom. The Labute approximate surface area is 176 Å². The van der Waals surface area contributed by atoms with Crippen molar-refractivity contribution in [1.82, 2.24) is 4.90 Å². The van der Waals surface area contributed by atoms with Crippen molar-refractivity contribution in [2.24, 2.45) is 17.6 Å². The third kappa shape index (κ3) is 2.52. The van der Waals surface area contributed by atoms with Crippen molar-refractivity contribution in [2.45, 2.75) is 24.2 Å². The van der Waals surface area contributed by atoms with Gasteiger partial charge in [-0.15, -0.1) is 0 Å². The van der Waals surface area contributed by atoms with Gasteiger partial charge in [-0.05, 0) is 32.1 Å². The number of aromatic hydroxyl groups is 1. The van der Waals surface area contributed by atoms with Crippen LogP contribution in [0.3, 0.4) is 0 Å². The lowest BCUT2D eigenvalue weighted by molar-refractivity contribution is -0.155. The van der Waals surface area contributed by atoms with E-state index in [0.29, 0.717) is 0 Å². The lowest BCUT2D eigenvalue weighted by atomic mass is 9.57. The van der Waals surface area contributed by atoms with E-state index in [1.165, 1.54) is 37.2 Å². The predicted molar refractivity (Wildman–Crippen MR) is 106 cm³/mol. The molecule has 10 nitrogen and oxygen atoms in total. The van der Waals surface area contributed by atoms with Crippen molar-refractivity contribution >= 4 is 23.2 Å². The van der Waals surface area contributed by atoms with E-state index >= 15 is 0 Å². The summed E-state index contributed by atoms with van der Waals surface area (Å²) in [5, 5.41) is 54.1. The number of aliphatic hydroxyl groups is 4. The molecule has 3 aliphatic rings. The Kier molecular flexibility index (Phi) is 4.51. The number of ketones is 2. The van der Waals surface area contributed by atoms with E-state index in [-0.39, 0.29) is 23.3 Å². The van der Waals surface area contributed by atoms with Crippen molar-refractivity contribution in [3.63, 3.8) is 0 Å². The second-order valence-corrected chi connectivity index (χ2v) is 8.35. The Hall–Kier alpha value is -3.21. The Balaban J connectivity index is 2.01. The molecule has 0 radical (unpaired) electrons. The summed E-state index contributed by atoms with van der Waals surface area (Å²) in [5.74, 6) is -7.79. The lowest BCUT2D eigenvalue weighted by Crippen LogP contribution is -2.66. The molecule has 0 heterocycles. The second kappa shape index (κ2) is 6.64. The van der Waals surface area contributed by atoms with Gasteiger partial charge in [0.05, 0.1) is 17.7 Å². The number of hydrogen-bond acceptors (Lipinski definition) is 9. The van der Waals surface area contributed by atoms with Crippen LogP contribution in [-0.4, -0.2) is 73.6 Å². The number of rotatable bonds is 2. The zero-order valence-electron chi connectivity index (χ0n) is 16.7. The monoisotopic (exact) mass is 430 g/mol. The minimum atomic E-state index is -2.73. The number of nitrogens with zero attached hydrogens (tertiary/aromatic N) is 1. The summed E-state index contributed by atoms with van der Waals surface area (Å²) in [6.45, 7) is 0. The lowest BCUT2D eigenvalue weighted by Gasteiger charge is -2.51. The number of carbonyl (C=O) groups excluding carboxylic acids is 3. The summed E-state index contributed by atoms with van der Waals surface area (Å²) >= 11 is 0. The quantitative estimate of drug-likeness (QED) is 0.336. The fourth-order valence-corrected chi connectivity index (χ4v) is 5.20. The van der Waals surface area contributed by atoms with Crippen molar-refractivity contribution in [3.8, 4) is 5.75 Å². The van der Waals surface area contributed by atoms with Gasteiger partial charge in [-0.3, -0.25) is 19.3 Å². The molecular formula is C21H22N2O8. The Morgan fingerprint density at radius 3 is 2.42 bits per heavy atom. The number of fused-ring (bicyclic) bond motifs is 3. The molecule has 31 heavy (non-hydrogen) atoms. The van der Waals surface area contributed by atoms with Gasteiger partial charge in [-0.2, -0.15) is 0 Å². The van der Waals surface area contributed by atoms with Crippen LogP contribution >= 0.6 is 0 Å². The van der Waals surface area contributed by atoms with Gasteiger partial charge in [0, 0.05) is 17.4 Å². The zero-order chi connectivity index (χ0) is 23.0. The van der Waals surface area contributed by atoms with Crippen LogP contribution in [0.1, 0.15) is 23.7 Å². The molecule has 1 aromatic rings. The van der Waals surface area contributed by atoms with E-state index in [4.69, 9.17) is 5.73 Å². The maximum Gasteiger partial charge on any atom is 0.255 e. The maximum atomic E-state index is 13.5. The van der Waals surface area contributed by atoms with Crippen LogP contribution in [-0.2, 0) is 14.4 Å². The standard InChI is InChI=1S/C21H22N2O8/c1-23(2)14-9-6-8-12(16(26)11-7(15(8)25)4-3-5-10(11)24)18(28)21(9,31)19(29)13(17(14)27)20(22)30/h3-5,8-9,14-15,24-26,29,31H,6H2,1-2H3,(H2,22,30)/t8?,9?,14?,15?,21-/m0/s1. The number of hydrogen-bond donors (Lipinski definition) is 6. The van der Waals surface area contributed by atoms with Crippen LogP contribution in [0, 0.1) is 11.8 Å². The molecule has 1 saturated carbocycles. The molecule has 0 spiro atoms. The molecule has 0 aliphatic heterocycles. The average molecular weight is 430 g/mol. The highest BCUT2D eigenvalue weighted by atomic mass is 16.3. The minimum Gasteiger partial charge on any atom is -0.508 e. The molecule has 0 aromatic heterocycles. The van der Waals surface area contributed by atoms with Crippen molar-refractivity contribution in [2.75, 3.05) is 14.1 Å².